The monoisotopic (exact) mass is 244 g/mol. The van der Waals surface area contributed by atoms with Gasteiger partial charge in [0, 0.05) is 11.2 Å². The van der Waals surface area contributed by atoms with Gasteiger partial charge in [-0.15, -0.1) is 0 Å². The first-order valence-corrected chi connectivity index (χ1v) is 5.43. The third-order valence-corrected chi connectivity index (χ3v) is 2.72. The molecule has 1 heterocycles. The number of nitriles is 1. The van der Waals surface area contributed by atoms with Gasteiger partial charge in [-0.05, 0) is 35.7 Å². The second-order valence-corrected chi connectivity index (χ2v) is 4.06. The van der Waals surface area contributed by atoms with E-state index in [1.807, 2.05) is 18.2 Å². The Labute approximate surface area is 103 Å². The molecule has 2 aromatic rings. The van der Waals surface area contributed by atoms with Crippen LogP contribution in [0.5, 0.6) is 0 Å². The van der Waals surface area contributed by atoms with Crippen LogP contribution in [0.1, 0.15) is 16.7 Å². The van der Waals surface area contributed by atoms with E-state index in [-0.39, 0.29) is 11.1 Å². The van der Waals surface area contributed by atoms with Gasteiger partial charge in [0.25, 0.3) is 5.56 Å². The summed E-state index contributed by atoms with van der Waals surface area (Å²) in [4.78, 5) is 13.9. The molecule has 0 saturated heterocycles. The van der Waals surface area contributed by atoms with Gasteiger partial charge >= 0.3 is 0 Å². The van der Waals surface area contributed by atoms with Crippen molar-refractivity contribution in [3.05, 3.63) is 68.6 Å². The molecule has 0 atom stereocenters. The number of aromatic amines is 1. The summed E-state index contributed by atoms with van der Waals surface area (Å²) in [5.41, 5.74) is 1.55. The van der Waals surface area contributed by atoms with Crippen LogP contribution in [-0.2, 0) is 6.42 Å². The predicted molar refractivity (Wildman–Crippen MR) is 66.0 cm³/mol. The normalized spacial score (nSPS) is 9.88. The number of aromatic nitrogens is 1. The average Bonchev–Trinajstić information content (AvgIpc) is 2.32. The summed E-state index contributed by atoms with van der Waals surface area (Å²) in [6.07, 6.45) is 2.10. The molecule has 0 spiro atoms. The SMILES string of the molecule is N#Cc1c(Cc2ccc(Cl)cc2)cc[nH]c1=O. The molecule has 2 rings (SSSR count). The molecule has 0 aliphatic carbocycles. The van der Waals surface area contributed by atoms with Crippen LogP contribution < -0.4 is 5.56 Å². The Morgan fingerprint density at radius 1 is 1.24 bits per heavy atom. The van der Waals surface area contributed by atoms with Crippen molar-refractivity contribution in [3.63, 3.8) is 0 Å². The zero-order chi connectivity index (χ0) is 12.3. The van der Waals surface area contributed by atoms with Crippen molar-refractivity contribution in [2.24, 2.45) is 0 Å². The van der Waals surface area contributed by atoms with E-state index in [0.29, 0.717) is 11.4 Å². The van der Waals surface area contributed by atoms with E-state index >= 15 is 0 Å². The molecule has 4 heteroatoms. The number of rotatable bonds is 2. The van der Waals surface area contributed by atoms with E-state index in [1.165, 1.54) is 0 Å². The molecular weight excluding hydrogens is 236 g/mol. The number of H-pyrrole nitrogens is 1. The standard InChI is InChI=1S/C13H9ClN2O/c14-11-3-1-9(2-4-11)7-10-5-6-16-13(17)12(10)8-15/h1-6H,7H2,(H,16,17). The zero-order valence-corrected chi connectivity index (χ0v) is 9.66. The van der Waals surface area contributed by atoms with Crippen LogP contribution in [0.2, 0.25) is 5.02 Å². The van der Waals surface area contributed by atoms with Gasteiger partial charge in [-0.3, -0.25) is 4.79 Å². The van der Waals surface area contributed by atoms with Crippen molar-refractivity contribution in [1.29, 1.82) is 5.26 Å². The van der Waals surface area contributed by atoms with Crippen molar-refractivity contribution in [1.82, 2.24) is 4.98 Å². The summed E-state index contributed by atoms with van der Waals surface area (Å²) in [5, 5.41) is 9.60. The molecule has 0 bridgehead atoms. The first-order chi connectivity index (χ1) is 8.20. The number of pyridine rings is 1. The summed E-state index contributed by atoms with van der Waals surface area (Å²) < 4.78 is 0. The van der Waals surface area contributed by atoms with Crippen LogP contribution in [0.25, 0.3) is 0 Å². The lowest BCUT2D eigenvalue weighted by molar-refractivity contribution is 1.11. The third-order valence-electron chi connectivity index (χ3n) is 2.47. The minimum Gasteiger partial charge on any atom is -0.328 e. The van der Waals surface area contributed by atoms with Crippen LogP contribution in [0.4, 0.5) is 0 Å². The maximum absolute atomic E-state index is 11.4. The Kier molecular flexibility index (Phi) is 3.27. The molecule has 0 aliphatic rings. The minimum absolute atomic E-state index is 0.169. The van der Waals surface area contributed by atoms with Gasteiger partial charge in [0.15, 0.2) is 0 Å². The maximum atomic E-state index is 11.4. The van der Waals surface area contributed by atoms with Gasteiger partial charge < -0.3 is 4.98 Å². The van der Waals surface area contributed by atoms with Crippen LogP contribution >= 0.6 is 11.6 Å². The molecule has 0 aliphatic heterocycles. The number of benzene rings is 1. The molecular formula is C13H9ClN2O. The molecule has 3 nitrogen and oxygen atoms in total. The van der Waals surface area contributed by atoms with E-state index < -0.39 is 0 Å². The van der Waals surface area contributed by atoms with Gasteiger partial charge in [-0.25, -0.2) is 0 Å². The van der Waals surface area contributed by atoms with Crippen molar-refractivity contribution in [3.8, 4) is 6.07 Å². The smallest absolute Gasteiger partial charge is 0.266 e. The summed E-state index contributed by atoms with van der Waals surface area (Å²) in [6.45, 7) is 0. The number of halogens is 1. The Bertz CT molecular complexity index is 623. The molecule has 84 valence electrons. The molecule has 1 aromatic carbocycles. The quantitative estimate of drug-likeness (QED) is 0.882. The number of hydrogen-bond donors (Lipinski definition) is 1. The molecule has 0 radical (unpaired) electrons. The Balaban J connectivity index is 2.37. The molecule has 0 amide bonds. The fraction of sp³-hybridized carbons (Fsp3) is 0.0769. The van der Waals surface area contributed by atoms with Crippen molar-refractivity contribution < 1.29 is 0 Å². The summed E-state index contributed by atoms with van der Waals surface area (Å²) in [7, 11) is 0. The fourth-order valence-electron chi connectivity index (χ4n) is 1.61. The summed E-state index contributed by atoms with van der Waals surface area (Å²) >= 11 is 5.79. The van der Waals surface area contributed by atoms with E-state index in [2.05, 4.69) is 4.98 Å². The van der Waals surface area contributed by atoms with Gasteiger partial charge in [0.2, 0.25) is 0 Å². The number of nitrogens with zero attached hydrogens (tertiary/aromatic N) is 1. The highest BCUT2D eigenvalue weighted by Gasteiger charge is 2.06. The molecule has 0 fully saturated rings. The maximum Gasteiger partial charge on any atom is 0.266 e. The van der Waals surface area contributed by atoms with Gasteiger partial charge in [0.1, 0.15) is 11.6 Å². The topological polar surface area (TPSA) is 56.6 Å². The first-order valence-electron chi connectivity index (χ1n) is 5.06. The predicted octanol–water partition coefficient (Wildman–Crippen LogP) is 2.49. The highest BCUT2D eigenvalue weighted by Crippen LogP contribution is 2.14. The second-order valence-electron chi connectivity index (χ2n) is 3.62. The summed E-state index contributed by atoms with van der Waals surface area (Å²) in [6, 6.07) is 11.0. The summed E-state index contributed by atoms with van der Waals surface area (Å²) in [5.74, 6) is 0. The van der Waals surface area contributed by atoms with Crippen LogP contribution in [0.3, 0.4) is 0 Å². The van der Waals surface area contributed by atoms with E-state index in [9.17, 15) is 4.79 Å². The molecule has 1 N–H and O–H groups in total. The number of nitrogens with one attached hydrogen (secondary N) is 1. The van der Waals surface area contributed by atoms with E-state index in [0.717, 1.165) is 11.1 Å². The van der Waals surface area contributed by atoms with Gasteiger partial charge in [-0.1, -0.05) is 23.7 Å². The van der Waals surface area contributed by atoms with Crippen LogP contribution in [0, 0.1) is 11.3 Å². The lowest BCUT2D eigenvalue weighted by atomic mass is 10.0. The van der Waals surface area contributed by atoms with Gasteiger partial charge in [-0.2, -0.15) is 5.26 Å². The Morgan fingerprint density at radius 3 is 2.59 bits per heavy atom. The zero-order valence-electron chi connectivity index (χ0n) is 8.90. The largest absolute Gasteiger partial charge is 0.328 e. The molecule has 1 aromatic heterocycles. The van der Waals surface area contributed by atoms with Gasteiger partial charge in [0.05, 0.1) is 0 Å². The Morgan fingerprint density at radius 2 is 1.94 bits per heavy atom. The second kappa shape index (κ2) is 4.86. The third kappa shape index (κ3) is 2.55. The minimum atomic E-state index is -0.348. The van der Waals surface area contributed by atoms with Crippen LogP contribution in [0.15, 0.2) is 41.3 Å². The lowest BCUT2D eigenvalue weighted by Gasteiger charge is -2.03. The fourth-order valence-corrected chi connectivity index (χ4v) is 1.74. The van der Waals surface area contributed by atoms with Crippen molar-refractivity contribution in [2.75, 3.05) is 0 Å². The average molecular weight is 245 g/mol. The van der Waals surface area contributed by atoms with Crippen molar-refractivity contribution >= 4 is 11.6 Å². The number of hydrogen-bond acceptors (Lipinski definition) is 2. The highest BCUT2D eigenvalue weighted by atomic mass is 35.5. The van der Waals surface area contributed by atoms with E-state index in [4.69, 9.17) is 16.9 Å². The molecule has 0 saturated carbocycles. The Hall–Kier alpha value is -2.05. The molecule has 17 heavy (non-hydrogen) atoms. The van der Waals surface area contributed by atoms with Crippen molar-refractivity contribution in [2.45, 2.75) is 6.42 Å². The highest BCUT2D eigenvalue weighted by molar-refractivity contribution is 6.30. The molecule has 0 unspecified atom stereocenters. The first kappa shape index (κ1) is 11.4. The lowest BCUT2D eigenvalue weighted by Crippen LogP contribution is -2.12. The van der Waals surface area contributed by atoms with Crippen LogP contribution in [-0.4, -0.2) is 4.98 Å². The van der Waals surface area contributed by atoms with E-state index in [1.54, 1.807) is 24.4 Å².